The van der Waals surface area contributed by atoms with Gasteiger partial charge in [-0.3, -0.25) is 9.59 Å². The van der Waals surface area contributed by atoms with Crippen LogP contribution in [0.25, 0.3) is 0 Å². The molecule has 2 atom stereocenters. The van der Waals surface area contributed by atoms with Gasteiger partial charge in [-0.15, -0.1) is 0 Å². The Kier molecular flexibility index (Phi) is 5.80. The molecule has 2 aliphatic rings. The summed E-state index contributed by atoms with van der Waals surface area (Å²) in [6, 6.07) is 7.92. The van der Waals surface area contributed by atoms with Crippen molar-refractivity contribution in [1.29, 1.82) is 0 Å². The van der Waals surface area contributed by atoms with Crippen molar-refractivity contribution in [3.8, 4) is 5.75 Å². The number of amides is 2. The predicted octanol–water partition coefficient (Wildman–Crippen LogP) is 2.22. The topological polar surface area (TPSA) is 87.7 Å². The van der Waals surface area contributed by atoms with Gasteiger partial charge in [0.1, 0.15) is 5.75 Å². The third-order valence-corrected chi connectivity index (χ3v) is 6.28. The van der Waals surface area contributed by atoms with Crippen molar-refractivity contribution >= 4 is 17.8 Å². The van der Waals surface area contributed by atoms with E-state index in [1.807, 2.05) is 37.2 Å². The second kappa shape index (κ2) is 8.53. The Labute approximate surface area is 182 Å². The van der Waals surface area contributed by atoms with Crippen molar-refractivity contribution in [1.82, 2.24) is 20.2 Å². The number of benzene rings is 1. The maximum absolute atomic E-state index is 13.3. The van der Waals surface area contributed by atoms with Crippen LogP contribution in [0.15, 0.2) is 36.7 Å². The van der Waals surface area contributed by atoms with Crippen molar-refractivity contribution in [3.63, 3.8) is 0 Å². The lowest BCUT2D eigenvalue weighted by molar-refractivity contribution is -0.122. The maximum Gasteiger partial charge on any atom is 0.257 e. The fourth-order valence-electron chi connectivity index (χ4n) is 4.70. The monoisotopic (exact) mass is 423 g/mol. The molecule has 1 aromatic carbocycles. The molecular formula is C23H29N5O3. The molecule has 3 heterocycles. The third-order valence-electron chi connectivity index (χ3n) is 6.28. The lowest BCUT2D eigenvalue weighted by atomic mass is 9.79. The van der Waals surface area contributed by atoms with Crippen molar-refractivity contribution in [2.45, 2.75) is 37.1 Å². The van der Waals surface area contributed by atoms with Gasteiger partial charge in [0.05, 0.1) is 18.2 Å². The van der Waals surface area contributed by atoms with E-state index in [0.717, 1.165) is 30.6 Å². The quantitative estimate of drug-likeness (QED) is 0.811. The first-order valence-electron chi connectivity index (χ1n) is 10.7. The van der Waals surface area contributed by atoms with Gasteiger partial charge in [-0.2, -0.15) is 0 Å². The summed E-state index contributed by atoms with van der Waals surface area (Å²) < 4.78 is 5.42. The van der Waals surface area contributed by atoms with Gasteiger partial charge in [0.15, 0.2) is 0 Å². The largest absolute Gasteiger partial charge is 0.497 e. The Morgan fingerprint density at radius 1 is 1.26 bits per heavy atom. The van der Waals surface area contributed by atoms with E-state index in [4.69, 9.17) is 4.74 Å². The molecule has 8 heteroatoms. The average molecular weight is 424 g/mol. The van der Waals surface area contributed by atoms with E-state index in [1.165, 1.54) is 0 Å². The minimum atomic E-state index is -0.486. The highest BCUT2D eigenvalue weighted by atomic mass is 16.5. The zero-order valence-electron chi connectivity index (χ0n) is 18.3. The number of likely N-dealkylation sites (tertiary alicyclic amines) is 1. The lowest BCUT2D eigenvalue weighted by Crippen LogP contribution is -2.52. The number of nitrogens with zero attached hydrogens (tertiary/aromatic N) is 4. The van der Waals surface area contributed by atoms with Crippen LogP contribution in [0, 0.1) is 0 Å². The van der Waals surface area contributed by atoms with Gasteiger partial charge < -0.3 is 19.9 Å². The van der Waals surface area contributed by atoms with Crippen LogP contribution in [-0.2, 0) is 4.79 Å². The third kappa shape index (κ3) is 4.19. The van der Waals surface area contributed by atoms with Gasteiger partial charge in [0, 0.05) is 51.9 Å². The van der Waals surface area contributed by atoms with E-state index in [2.05, 4.69) is 21.4 Å². The van der Waals surface area contributed by atoms with Gasteiger partial charge in [0.2, 0.25) is 11.9 Å². The molecular weight excluding hydrogens is 394 g/mol. The molecule has 0 aliphatic carbocycles. The Morgan fingerprint density at radius 2 is 2.03 bits per heavy atom. The number of rotatable bonds is 4. The standard InChI is InChI=1S/C23H29N5O3/c1-27(2)22-24-12-17(13-25-22)21(30)28-14-19(16-7-6-8-18(11-16)31-3)23(15-28)10-5-4-9-20(29)26-23/h6-8,11-13,19H,4-5,9-10,14-15H2,1-3H3,(H,26,29)/t19-,23+/m0/s1. The highest BCUT2D eigenvalue weighted by Gasteiger charge is 2.50. The molecule has 164 valence electrons. The second-order valence-corrected chi connectivity index (χ2v) is 8.59. The molecule has 0 unspecified atom stereocenters. The molecule has 8 nitrogen and oxygen atoms in total. The smallest absolute Gasteiger partial charge is 0.257 e. The molecule has 1 aromatic heterocycles. The van der Waals surface area contributed by atoms with Crippen LogP contribution in [0.4, 0.5) is 5.95 Å². The van der Waals surface area contributed by atoms with Gasteiger partial charge in [-0.1, -0.05) is 18.6 Å². The summed E-state index contributed by atoms with van der Waals surface area (Å²) in [5.41, 5.74) is 1.03. The molecule has 0 bridgehead atoms. The number of hydrogen-bond donors (Lipinski definition) is 1. The van der Waals surface area contributed by atoms with E-state index in [1.54, 1.807) is 24.4 Å². The van der Waals surface area contributed by atoms with Gasteiger partial charge in [-0.05, 0) is 30.5 Å². The van der Waals surface area contributed by atoms with E-state index in [9.17, 15) is 9.59 Å². The van der Waals surface area contributed by atoms with E-state index >= 15 is 0 Å². The van der Waals surface area contributed by atoms with Crippen LogP contribution in [0.3, 0.4) is 0 Å². The van der Waals surface area contributed by atoms with Crippen molar-refractivity contribution in [3.05, 3.63) is 47.8 Å². The van der Waals surface area contributed by atoms with Crippen LogP contribution >= 0.6 is 0 Å². The average Bonchev–Trinajstić information content (AvgIpc) is 3.04. The first-order valence-corrected chi connectivity index (χ1v) is 10.7. The Morgan fingerprint density at radius 3 is 2.74 bits per heavy atom. The Hall–Kier alpha value is -3.16. The Bertz CT molecular complexity index is 962. The normalized spacial score (nSPS) is 23.4. The zero-order chi connectivity index (χ0) is 22.0. The van der Waals surface area contributed by atoms with Crippen LogP contribution in [-0.4, -0.2) is 66.5 Å². The van der Waals surface area contributed by atoms with Crippen LogP contribution in [0.5, 0.6) is 5.75 Å². The fourth-order valence-corrected chi connectivity index (χ4v) is 4.70. The minimum Gasteiger partial charge on any atom is -0.497 e. The number of nitrogens with one attached hydrogen (secondary N) is 1. The summed E-state index contributed by atoms with van der Waals surface area (Å²) >= 11 is 0. The number of ether oxygens (including phenoxy) is 1. The number of carbonyl (C=O) groups excluding carboxylic acids is 2. The lowest BCUT2D eigenvalue weighted by Gasteiger charge is -2.34. The highest BCUT2D eigenvalue weighted by Crippen LogP contribution is 2.42. The predicted molar refractivity (Wildman–Crippen MR) is 117 cm³/mol. The second-order valence-electron chi connectivity index (χ2n) is 8.59. The molecule has 1 N–H and O–H groups in total. The number of hydrogen-bond acceptors (Lipinski definition) is 6. The number of methoxy groups -OCH3 is 1. The molecule has 4 rings (SSSR count). The number of carbonyl (C=O) groups is 2. The van der Waals surface area contributed by atoms with Crippen LogP contribution < -0.4 is 15.0 Å². The summed E-state index contributed by atoms with van der Waals surface area (Å²) in [6.07, 6.45) is 6.32. The zero-order valence-corrected chi connectivity index (χ0v) is 18.3. The van der Waals surface area contributed by atoms with Crippen LogP contribution in [0.1, 0.15) is 47.5 Å². The van der Waals surface area contributed by atoms with Crippen molar-refractivity contribution in [2.24, 2.45) is 0 Å². The molecule has 2 amide bonds. The summed E-state index contributed by atoms with van der Waals surface area (Å²) in [6.45, 7) is 0.983. The number of anilines is 1. The maximum atomic E-state index is 13.3. The molecule has 0 saturated carbocycles. The SMILES string of the molecule is COc1cccc([C@@H]2CN(C(=O)c3cnc(N(C)C)nc3)C[C@]23CCCCC(=O)N3)c1. The summed E-state index contributed by atoms with van der Waals surface area (Å²) in [5.74, 6) is 1.24. The summed E-state index contributed by atoms with van der Waals surface area (Å²) in [7, 11) is 5.35. The number of aromatic nitrogens is 2. The van der Waals surface area contributed by atoms with Crippen molar-refractivity contribution in [2.75, 3.05) is 39.2 Å². The van der Waals surface area contributed by atoms with Gasteiger partial charge in [-0.25, -0.2) is 9.97 Å². The molecule has 2 saturated heterocycles. The summed E-state index contributed by atoms with van der Waals surface area (Å²) in [4.78, 5) is 38.0. The molecule has 2 aromatic rings. The first kappa shape index (κ1) is 21.1. The van der Waals surface area contributed by atoms with Crippen LogP contribution in [0.2, 0.25) is 0 Å². The van der Waals surface area contributed by atoms with E-state index in [-0.39, 0.29) is 17.7 Å². The first-order chi connectivity index (χ1) is 14.9. The molecule has 31 heavy (non-hydrogen) atoms. The fraction of sp³-hybridized carbons (Fsp3) is 0.478. The Balaban J connectivity index is 1.66. The van der Waals surface area contributed by atoms with E-state index < -0.39 is 5.54 Å². The van der Waals surface area contributed by atoms with Crippen molar-refractivity contribution < 1.29 is 14.3 Å². The van der Waals surface area contributed by atoms with Gasteiger partial charge >= 0.3 is 0 Å². The summed E-state index contributed by atoms with van der Waals surface area (Å²) in [5, 5.41) is 3.29. The van der Waals surface area contributed by atoms with Gasteiger partial charge in [0.25, 0.3) is 5.91 Å². The highest BCUT2D eigenvalue weighted by molar-refractivity contribution is 5.94. The van der Waals surface area contributed by atoms with E-state index in [0.29, 0.717) is 31.0 Å². The minimum absolute atomic E-state index is 0.0180. The molecule has 2 aliphatic heterocycles. The molecule has 1 spiro atoms. The molecule has 0 radical (unpaired) electrons. The molecule has 2 fully saturated rings.